The van der Waals surface area contributed by atoms with E-state index in [0.29, 0.717) is 34.1 Å². The third-order valence-electron chi connectivity index (χ3n) is 4.96. The van der Waals surface area contributed by atoms with Crippen LogP contribution in [0.2, 0.25) is 0 Å². The smallest absolute Gasteiger partial charge is 0.266 e. The van der Waals surface area contributed by atoms with E-state index in [1.807, 2.05) is 6.92 Å². The minimum absolute atomic E-state index is 0.0203. The highest BCUT2D eigenvalue weighted by Crippen LogP contribution is 2.25. The van der Waals surface area contributed by atoms with Gasteiger partial charge in [-0.1, -0.05) is 23.9 Å². The van der Waals surface area contributed by atoms with Gasteiger partial charge in [-0.25, -0.2) is 9.37 Å². The molecule has 0 aliphatic heterocycles. The molecule has 3 aromatic carbocycles. The van der Waals surface area contributed by atoms with Gasteiger partial charge in [0.1, 0.15) is 5.75 Å². The Labute approximate surface area is 194 Å². The van der Waals surface area contributed by atoms with Crippen molar-refractivity contribution < 1.29 is 18.7 Å². The van der Waals surface area contributed by atoms with Gasteiger partial charge in [0.05, 0.1) is 36.1 Å². The average Bonchev–Trinajstić information content (AvgIpc) is 2.83. The van der Waals surface area contributed by atoms with Crippen molar-refractivity contribution in [3.8, 4) is 17.2 Å². The molecule has 33 heavy (non-hydrogen) atoms. The number of carbonyl (C=O) groups excluding carboxylic acids is 1. The molecule has 0 spiro atoms. The number of carbonyl (C=O) groups is 1. The molecule has 1 aromatic heterocycles. The Kier molecular flexibility index (Phi) is 6.74. The zero-order valence-corrected chi connectivity index (χ0v) is 18.9. The number of ketones is 1. The summed E-state index contributed by atoms with van der Waals surface area (Å²) in [4.78, 5) is 30.7. The third-order valence-corrected chi connectivity index (χ3v) is 5.90. The molecule has 4 rings (SSSR count). The lowest BCUT2D eigenvalue weighted by atomic mass is 10.1. The molecular weight excluding hydrogens is 443 g/mol. The van der Waals surface area contributed by atoms with Crippen LogP contribution in [0.4, 0.5) is 4.39 Å². The fraction of sp³-hybridized carbons (Fsp3) is 0.160. The maximum atomic E-state index is 14.0. The van der Waals surface area contributed by atoms with E-state index in [-0.39, 0.29) is 28.4 Å². The Hall–Kier alpha value is -3.65. The molecule has 0 radical (unpaired) electrons. The summed E-state index contributed by atoms with van der Waals surface area (Å²) in [6.45, 7) is 2.43. The Morgan fingerprint density at radius 2 is 1.85 bits per heavy atom. The third kappa shape index (κ3) is 4.75. The molecule has 4 aromatic rings. The van der Waals surface area contributed by atoms with Gasteiger partial charge in [-0.2, -0.15) is 0 Å². The van der Waals surface area contributed by atoms with Crippen molar-refractivity contribution in [1.29, 1.82) is 0 Å². The molecule has 168 valence electrons. The van der Waals surface area contributed by atoms with Crippen LogP contribution in [-0.2, 0) is 0 Å². The molecule has 0 saturated heterocycles. The van der Waals surface area contributed by atoms with Gasteiger partial charge in [0, 0.05) is 5.56 Å². The SMILES string of the molecule is CCOc1ccc(-n2c(SCC(=O)c3ccc(OC)c(F)c3)nc3ccccc3c2=O)cc1. The molecule has 0 unspecified atom stereocenters. The number of nitrogens with zero attached hydrogens (tertiary/aromatic N) is 2. The van der Waals surface area contributed by atoms with Crippen LogP contribution in [-0.4, -0.2) is 34.8 Å². The van der Waals surface area contributed by atoms with Gasteiger partial charge in [0.15, 0.2) is 22.5 Å². The maximum absolute atomic E-state index is 14.0. The molecule has 0 amide bonds. The molecule has 0 aliphatic rings. The molecule has 8 heteroatoms. The van der Waals surface area contributed by atoms with E-state index in [1.165, 1.54) is 23.8 Å². The predicted molar refractivity (Wildman–Crippen MR) is 127 cm³/mol. The second kappa shape index (κ2) is 9.87. The quantitative estimate of drug-likeness (QED) is 0.210. The molecule has 0 aliphatic carbocycles. The number of fused-ring (bicyclic) bond motifs is 1. The van der Waals surface area contributed by atoms with Crippen LogP contribution in [0.15, 0.2) is 76.7 Å². The number of ether oxygens (including phenoxy) is 2. The number of rotatable bonds is 8. The van der Waals surface area contributed by atoms with E-state index in [9.17, 15) is 14.0 Å². The molecular formula is C25H21FN2O4S. The van der Waals surface area contributed by atoms with Crippen molar-refractivity contribution in [1.82, 2.24) is 9.55 Å². The van der Waals surface area contributed by atoms with Gasteiger partial charge in [-0.15, -0.1) is 0 Å². The summed E-state index contributed by atoms with van der Waals surface area (Å²) in [5, 5.41) is 0.837. The van der Waals surface area contributed by atoms with Crippen molar-refractivity contribution >= 4 is 28.4 Å². The number of hydrogen-bond donors (Lipinski definition) is 0. The molecule has 1 heterocycles. The fourth-order valence-electron chi connectivity index (χ4n) is 3.35. The first kappa shape index (κ1) is 22.5. The molecule has 0 N–H and O–H groups in total. The number of para-hydroxylation sites is 1. The van der Waals surface area contributed by atoms with Crippen molar-refractivity contribution in [2.45, 2.75) is 12.1 Å². The summed E-state index contributed by atoms with van der Waals surface area (Å²) < 4.78 is 25.9. The summed E-state index contributed by atoms with van der Waals surface area (Å²) >= 11 is 1.12. The predicted octanol–water partition coefficient (Wildman–Crippen LogP) is 4.91. The Balaban J connectivity index is 1.70. The van der Waals surface area contributed by atoms with Gasteiger partial charge in [-0.3, -0.25) is 14.2 Å². The number of Topliss-reactive ketones (excluding diaryl/α,β-unsaturated/α-hetero) is 1. The lowest BCUT2D eigenvalue weighted by molar-refractivity contribution is 0.102. The van der Waals surface area contributed by atoms with Gasteiger partial charge < -0.3 is 9.47 Å². The van der Waals surface area contributed by atoms with Crippen LogP contribution in [0.25, 0.3) is 16.6 Å². The number of halogens is 1. The first-order valence-electron chi connectivity index (χ1n) is 10.3. The first-order valence-corrected chi connectivity index (χ1v) is 11.2. The average molecular weight is 465 g/mol. The highest BCUT2D eigenvalue weighted by Gasteiger charge is 2.16. The Bertz CT molecular complexity index is 1370. The van der Waals surface area contributed by atoms with Gasteiger partial charge in [0.25, 0.3) is 5.56 Å². The van der Waals surface area contributed by atoms with Crippen LogP contribution >= 0.6 is 11.8 Å². The Morgan fingerprint density at radius 3 is 2.55 bits per heavy atom. The highest BCUT2D eigenvalue weighted by atomic mass is 32.2. The van der Waals surface area contributed by atoms with Crippen LogP contribution in [0, 0.1) is 5.82 Å². The fourth-order valence-corrected chi connectivity index (χ4v) is 4.26. The molecule has 0 atom stereocenters. The lowest BCUT2D eigenvalue weighted by Gasteiger charge is -2.14. The number of hydrogen-bond acceptors (Lipinski definition) is 6. The standard InChI is InChI=1S/C25H21FN2O4S/c1-3-32-18-11-9-17(10-12-18)28-24(30)19-6-4-5-7-21(19)27-25(28)33-15-22(29)16-8-13-23(31-2)20(26)14-16/h4-14H,3,15H2,1-2H3. The van der Waals surface area contributed by atoms with E-state index >= 15 is 0 Å². The van der Waals surface area contributed by atoms with E-state index < -0.39 is 5.82 Å². The largest absolute Gasteiger partial charge is 0.494 e. The van der Waals surface area contributed by atoms with Crippen LogP contribution in [0.5, 0.6) is 11.5 Å². The monoisotopic (exact) mass is 464 g/mol. The second-order valence-electron chi connectivity index (χ2n) is 7.04. The summed E-state index contributed by atoms with van der Waals surface area (Å²) in [7, 11) is 1.36. The number of benzene rings is 3. The highest BCUT2D eigenvalue weighted by molar-refractivity contribution is 7.99. The molecule has 0 saturated carbocycles. The summed E-state index contributed by atoms with van der Waals surface area (Å²) in [5.74, 6) is -0.160. The first-order chi connectivity index (χ1) is 16.0. The Morgan fingerprint density at radius 1 is 1.09 bits per heavy atom. The number of methoxy groups -OCH3 is 1. The van der Waals surface area contributed by atoms with Crippen LogP contribution < -0.4 is 15.0 Å². The summed E-state index contributed by atoms with van der Waals surface area (Å²) in [5.41, 5.74) is 1.12. The van der Waals surface area contributed by atoms with Gasteiger partial charge >= 0.3 is 0 Å². The minimum Gasteiger partial charge on any atom is -0.494 e. The normalized spacial score (nSPS) is 10.9. The van der Waals surface area contributed by atoms with E-state index in [4.69, 9.17) is 9.47 Å². The number of thioether (sulfide) groups is 1. The molecule has 0 fully saturated rings. The molecule has 0 bridgehead atoms. The van der Waals surface area contributed by atoms with Crippen molar-refractivity contribution in [2.24, 2.45) is 0 Å². The van der Waals surface area contributed by atoms with E-state index in [1.54, 1.807) is 48.5 Å². The van der Waals surface area contributed by atoms with Gasteiger partial charge in [-0.05, 0) is 61.5 Å². The van der Waals surface area contributed by atoms with Gasteiger partial charge in [0.2, 0.25) is 0 Å². The summed E-state index contributed by atoms with van der Waals surface area (Å²) in [6.07, 6.45) is 0. The minimum atomic E-state index is -0.608. The van der Waals surface area contributed by atoms with Crippen LogP contribution in [0.3, 0.4) is 0 Å². The zero-order valence-electron chi connectivity index (χ0n) is 18.1. The van der Waals surface area contributed by atoms with Crippen molar-refractivity contribution in [3.05, 3.63) is 88.5 Å². The van der Waals surface area contributed by atoms with Crippen molar-refractivity contribution in [3.63, 3.8) is 0 Å². The zero-order chi connectivity index (χ0) is 23.4. The maximum Gasteiger partial charge on any atom is 0.266 e. The number of aromatic nitrogens is 2. The van der Waals surface area contributed by atoms with Crippen LogP contribution in [0.1, 0.15) is 17.3 Å². The van der Waals surface area contributed by atoms with E-state index in [0.717, 1.165) is 17.8 Å². The topological polar surface area (TPSA) is 70.4 Å². The van der Waals surface area contributed by atoms with Crippen molar-refractivity contribution in [2.75, 3.05) is 19.5 Å². The second-order valence-corrected chi connectivity index (χ2v) is 7.98. The lowest BCUT2D eigenvalue weighted by Crippen LogP contribution is -2.22. The van der Waals surface area contributed by atoms with E-state index in [2.05, 4.69) is 4.98 Å². The molecule has 6 nitrogen and oxygen atoms in total. The summed E-state index contributed by atoms with van der Waals surface area (Å²) in [6, 6.07) is 18.2.